The Bertz CT molecular complexity index is 3990. The first-order valence-corrected chi connectivity index (χ1v) is 22.2. The highest BCUT2D eigenvalue weighted by molar-refractivity contribution is 6.09. The van der Waals surface area contributed by atoms with Gasteiger partial charge >= 0.3 is 0 Å². The molecule has 5 heteroatoms. The van der Waals surface area contributed by atoms with Gasteiger partial charge in [-0.05, 0) is 105 Å². The molecule has 0 saturated carbocycles. The van der Waals surface area contributed by atoms with Crippen molar-refractivity contribution in [3.8, 4) is 50.9 Å². The standard InChI is InChI=1S/C61H58N4O/c1-40-32-57(62-38-51(40)41-20-12-11-13-21-41)65-53-27-15-14-24-49(53)50-31-30-47(37-56(50)65)66-46-23-18-22-45(36-46)63-39-64(55-29-17-16-28-54(55)63)58-48(25-19-26-52(58)61(8,9)10)42-33-43(59(2,3)4)35-44(34-42)60(5,6)7/h11-38H,1-10H3/i1D3,11D,12D,13D,20D,21D,33D,34D,35D. The van der Waals surface area contributed by atoms with E-state index in [1.54, 1.807) is 0 Å². The van der Waals surface area contributed by atoms with Crippen molar-refractivity contribution in [3.63, 3.8) is 0 Å². The van der Waals surface area contributed by atoms with Gasteiger partial charge in [-0.1, -0.05) is 177 Å². The van der Waals surface area contributed by atoms with E-state index in [9.17, 15) is 4.11 Å². The van der Waals surface area contributed by atoms with Crippen LogP contribution >= 0.6 is 0 Å². The maximum atomic E-state index is 9.82. The number of fused-ring (bicyclic) bond motifs is 4. The zero-order valence-corrected chi connectivity index (χ0v) is 38.7. The van der Waals surface area contributed by atoms with E-state index in [0.29, 0.717) is 39.3 Å². The molecule has 0 N–H and O–H groups in total. The molecule has 3 aromatic heterocycles. The van der Waals surface area contributed by atoms with Gasteiger partial charge in [-0.25, -0.2) is 4.98 Å². The third-order valence-electron chi connectivity index (χ3n) is 12.0. The van der Waals surface area contributed by atoms with Gasteiger partial charge in [-0.2, -0.15) is 0 Å². The second kappa shape index (κ2) is 16.0. The molecule has 66 heavy (non-hydrogen) atoms. The number of aryl methyl sites for hydroxylation is 1. The zero-order valence-electron chi connectivity index (χ0n) is 49.7. The average molecular weight is 874 g/mol. The van der Waals surface area contributed by atoms with Crippen LogP contribution in [0, 0.1) is 13.2 Å². The van der Waals surface area contributed by atoms with E-state index < -0.39 is 47.9 Å². The largest absolute Gasteiger partial charge is 0.458 e. The molecule has 0 aliphatic carbocycles. The van der Waals surface area contributed by atoms with Crippen molar-refractivity contribution >= 4 is 32.8 Å². The van der Waals surface area contributed by atoms with Crippen LogP contribution in [0.4, 0.5) is 0 Å². The van der Waals surface area contributed by atoms with E-state index in [4.69, 9.17) is 20.7 Å². The minimum Gasteiger partial charge on any atom is -0.458 e. The second-order valence-electron chi connectivity index (χ2n) is 19.9. The SMILES string of the molecule is [2H]c1c([2H])c([2H])c(-c2cnc(-n3c4ccccc4c4ccc(Oc5cccc(-n6[c-][n+](-c7c(-c8c([2H])c(C(C)(C)C)c([2H])c(C(C)(C)C)c8[2H])cccc7C(C)(C)C)c7ccccc76)c5)cc43)cc2C([2H])([2H])[2H])c([2H])c1[2H]. The summed E-state index contributed by atoms with van der Waals surface area (Å²) in [6, 6.07) is 34.3. The van der Waals surface area contributed by atoms with E-state index in [1.807, 2.05) is 158 Å². The van der Waals surface area contributed by atoms with Gasteiger partial charge in [0, 0.05) is 32.7 Å². The minimum atomic E-state index is -2.76. The third-order valence-corrected chi connectivity index (χ3v) is 12.0. The van der Waals surface area contributed by atoms with Crippen molar-refractivity contribution < 1.29 is 24.4 Å². The smallest absolute Gasteiger partial charge is 0.269 e. The minimum absolute atomic E-state index is 0.0829. The molecule has 0 bridgehead atoms. The van der Waals surface area contributed by atoms with Gasteiger partial charge in [-0.3, -0.25) is 13.7 Å². The Kier molecular flexibility index (Phi) is 7.67. The fourth-order valence-corrected chi connectivity index (χ4v) is 8.60. The van der Waals surface area contributed by atoms with Gasteiger partial charge in [0.15, 0.2) is 0 Å². The molecule has 0 spiro atoms. The number of hydrogen-bond acceptors (Lipinski definition) is 2. The number of rotatable bonds is 7. The van der Waals surface area contributed by atoms with Crippen molar-refractivity contribution in [2.45, 2.75) is 85.4 Å². The van der Waals surface area contributed by atoms with Crippen molar-refractivity contribution in [2.75, 3.05) is 0 Å². The Morgan fingerprint density at radius 1 is 0.606 bits per heavy atom. The average Bonchev–Trinajstić information content (AvgIpc) is 3.97. The van der Waals surface area contributed by atoms with Crippen molar-refractivity contribution in [1.82, 2.24) is 14.1 Å². The van der Waals surface area contributed by atoms with Crippen LogP contribution in [0.3, 0.4) is 0 Å². The van der Waals surface area contributed by atoms with E-state index >= 15 is 0 Å². The lowest BCUT2D eigenvalue weighted by molar-refractivity contribution is -0.572. The Hall–Kier alpha value is -7.24. The van der Waals surface area contributed by atoms with E-state index in [2.05, 4.69) is 33.2 Å². The summed E-state index contributed by atoms with van der Waals surface area (Å²) in [5.74, 6) is 1.24. The summed E-state index contributed by atoms with van der Waals surface area (Å²) in [4.78, 5) is 4.73. The molecule has 0 amide bonds. The molecule has 0 radical (unpaired) electrons. The normalized spacial score (nSPS) is 15.0. The monoisotopic (exact) mass is 874 g/mol. The summed E-state index contributed by atoms with van der Waals surface area (Å²) in [5, 5.41) is 1.72. The van der Waals surface area contributed by atoms with Crippen LogP contribution in [0.25, 0.3) is 72.3 Å². The maximum absolute atomic E-state index is 9.82. The molecule has 7 aromatic carbocycles. The Morgan fingerprint density at radius 2 is 1.29 bits per heavy atom. The topological polar surface area (TPSA) is 35.9 Å². The molecule has 10 aromatic rings. The quantitative estimate of drug-likeness (QED) is 0.118. The molecule has 5 nitrogen and oxygen atoms in total. The molecule has 3 heterocycles. The molecule has 328 valence electrons. The fraction of sp³-hybridized carbons (Fsp3) is 0.213. The first kappa shape index (κ1) is 31.6. The number of ether oxygens (including phenoxy) is 1. The molecule has 0 unspecified atom stereocenters. The van der Waals surface area contributed by atoms with Gasteiger partial charge in [0.05, 0.1) is 44.4 Å². The van der Waals surface area contributed by atoms with Gasteiger partial charge < -0.3 is 4.74 Å². The van der Waals surface area contributed by atoms with Gasteiger partial charge in [0.1, 0.15) is 17.3 Å². The molecule has 0 aliphatic rings. The van der Waals surface area contributed by atoms with Crippen molar-refractivity contribution in [2.24, 2.45) is 0 Å². The first-order chi connectivity index (χ1) is 36.1. The predicted molar refractivity (Wildman–Crippen MR) is 274 cm³/mol. The number of aromatic nitrogens is 4. The summed E-state index contributed by atoms with van der Waals surface area (Å²) in [6.45, 7) is 15.8. The zero-order chi connectivity index (χ0) is 55.6. The Balaban J connectivity index is 1.11. The van der Waals surface area contributed by atoms with Crippen molar-refractivity contribution in [3.05, 3.63) is 198 Å². The fourth-order valence-electron chi connectivity index (χ4n) is 8.60. The molecular weight excluding hydrogens is 805 g/mol. The molecular formula is C61H58N4O. The van der Waals surface area contributed by atoms with Crippen molar-refractivity contribution in [1.29, 1.82) is 0 Å². The lowest BCUT2D eigenvalue weighted by Crippen LogP contribution is -2.34. The molecule has 0 aliphatic heterocycles. The molecule has 0 saturated heterocycles. The van der Waals surface area contributed by atoms with Gasteiger partial charge in [-0.15, -0.1) is 0 Å². The first-order valence-electron chi connectivity index (χ1n) is 27.7. The lowest BCUT2D eigenvalue weighted by Gasteiger charge is -2.29. The molecule has 0 fully saturated rings. The Morgan fingerprint density at radius 3 is 2.02 bits per heavy atom. The second-order valence-corrected chi connectivity index (χ2v) is 19.9. The van der Waals surface area contributed by atoms with E-state index in [-0.39, 0.29) is 46.1 Å². The van der Waals surface area contributed by atoms with Crippen LogP contribution < -0.4 is 9.30 Å². The predicted octanol–water partition coefficient (Wildman–Crippen LogP) is 15.5. The van der Waals surface area contributed by atoms with Crippen LogP contribution in [0.15, 0.2) is 170 Å². The number of nitrogens with zero attached hydrogens (tertiary/aromatic N) is 4. The summed E-state index contributed by atoms with van der Waals surface area (Å²) < 4.78 is 109. The summed E-state index contributed by atoms with van der Waals surface area (Å²) in [7, 11) is 0. The number of pyridine rings is 1. The van der Waals surface area contributed by atoms with E-state index in [0.717, 1.165) is 44.3 Å². The molecule has 0 atom stereocenters. The van der Waals surface area contributed by atoms with Gasteiger partial charge in [0.2, 0.25) is 0 Å². The van der Waals surface area contributed by atoms with Gasteiger partial charge in [0.25, 0.3) is 6.33 Å². The number of para-hydroxylation sites is 4. The number of hydrogen-bond donors (Lipinski definition) is 0. The van der Waals surface area contributed by atoms with Crippen LogP contribution in [-0.2, 0) is 16.2 Å². The highest BCUT2D eigenvalue weighted by atomic mass is 16.5. The van der Waals surface area contributed by atoms with E-state index in [1.165, 1.54) is 12.3 Å². The number of imidazole rings is 1. The number of benzene rings is 7. The summed E-state index contributed by atoms with van der Waals surface area (Å²) >= 11 is 0. The molecule has 10 rings (SSSR count). The highest BCUT2D eigenvalue weighted by Gasteiger charge is 2.27. The van der Waals surface area contributed by atoms with Crippen LogP contribution in [-0.4, -0.2) is 14.1 Å². The summed E-state index contributed by atoms with van der Waals surface area (Å²) in [6.07, 6.45) is 4.97. The van der Waals surface area contributed by atoms with Crippen LogP contribution in [0.5, 0.6) is 11.5 Å². The highest BCUT2D eigenvalue weighted by Crippen LogP contribution is 2.40. The summed E-state index contributed by atoms with van der Waals surface area (Å²) in [5.41, 5.74) is 5.92. The Labute approximate surface area is 405 Å². The maximum Gasteiger partial charge on any atom is 0.269 e. The third kappa shape index (κ3) is 7.76. The lowest BCUT2D eigenvalue weighted by atomic mass is 9.78. The van der Waals surface area contributed by atoms with Crippen LogP contribution in [0.2, 0.25) is 0 Å². The van der Waals surface area contributed by atoms with Crippen LogP contribution in [0.1, 0.15) is 99.6 Å².